The second kappa shape index (κ2) is 7.62. The molecule has 2 aromatic rings. The van der Waals surface area contributed by atoms with Crippen LogP contribution in [-0.4, -0.2) is 53.9 Å². The number of morpholine rings is 1. The molecule has 6 nitrogen and oxygen atoms in total. The maximum Gasteiger partial charge on any atom is 0.266 e. The first kappa shape index (κ1) is 17.9. The molecule has 1 aromatic carbocycles. The first-order valence-electron chi connectivity index (χ1n) is 8.92. The minimum Gasteiger partial charge on any atom is -0.378 e. The number of nitrogens with zero attached hydrogens (tertiary/aromatic N) is 4. The molecule has 0 unspecified atom stereocenters. The SMILES string of the molecule is CN1C(=O)/C(=C/c2cccn2C)SC1=Nc1ccc(N2CCOCC2)cc1. The third kappa shape index (κ3) is 3.79. The number of ether oxygens (including phenoxy) is 1. The Labute approximate surface area is 163 Å². The Balaban J connectivity index is 1.52. The average Bonchev–Trinajstić information content (AvgIpc) is 3.22. The molecule has 0 radical (unpaired) electrons. The first-order chi connectivity index (χ1) is 13.1. The molecular weight excluding hydrogens is 360 g/mol. The molecule has 3 heterocycles. The van der Waals surface area contributed by atoms with Crippen LogP contribution >= 0.6 is 11.8 Å². The van der Waals surface area contributed by atoms with E-state index in [2.05, 4.69) is 22.0 Å². The number of carbonyl (C=O) groups excluding carboxylic acids is 1. The van der Waals surface area contributed by atoms with E-state index < -0.39 is 0 Å². The van der Waals surface area contributed by atoms with Gasteiger partial charge in [0.1, 0.15) is 0 Å². The topological polar surface area (TPSA) is 50.1 Å². The lowest BCUT2D eigenvalue weighted by Gasteiger charge is -2.28. The van der Waals surface area contributed by atoms with E-state index in [4.69, 9.17) is 4.74 Å². The highest BCUT2D eigenvalue weighted by atomic mass is 32.2. The highest BCUT2D eigenvalue weighted by Gasteiger charge is 2.30. The van der Waals surface area contributed by atoms with Crippen LogP contribution in [0.3, 0.4) is 0 Å². The summed E-state index contributed by atoms with van der Waals surface area (Å²) in [6.45, 7) is 3.36. The van der Waals surface area contributed by atoms with Crippen LogP contribution in [0.2, 0.25) is 0 Å². The third-order valence-electron chi connectivity index (χ3n) is 4.72. The summed E-state index contributed by atoms with van der Waals surface area (Å²) in [4.78, 5) is 21.8. The minimum atomic E-state index is -0.0233. The number of anilines is 1. The maximum absolute atomic E-state index is 12.5. The molecule has 0 aliphatic carbocycles. The van der Waals surface area contributed by atoms with Crippen molar-refractivity contribution in [3.05, 3.63) is 53.2 Å². The lowest BCUT2D eigenvalue weighted by molar-refractivity contribution is -0.121. The van der Waals surface area contributed by atoms with Gasteiger partial charge >= 0.3 is 0 Å². The molecule has 0 atom stereocenters. The average molecular weight is 382 g/mol. The number of benzene rings is 1. The number of rotatable bonds is 3. The number of aliphatic imine (C=N–C) groups is 1. The molecule has 4 rings (SSSR count). The van der Waals surface area contributed by atoms with Crippen molar-refractivity contribution in [1.29, 1.82) is 0 Å². The van der Waals surface area contributed by atoms with Crippen molar-refractivity contribution in [1.82, 2.24) is 9.47 Å². The summed E-state index contributed by atoms with van der Waals surface area (Å²) in [5.74, 6) is -0.0233. The molecule has 1 amide bonds. The summed E-state index contributed by atoms with van der Waals surface area (Å²) in [5, 5.41) is 0.694. The standard InChI is InChI=1S/C20H22N4O2S/c1-22-9-3-4-17(22)14-18-19(25)23(2)20(27-18)21-15-5-7-16(8-6-15)24-10-12-26-13-11-24/h3-9,14H,10-13H2,1-2H3/b18-14-,21-20?. The Bertz CT molecular complexity index is 895. The van der Waals surface area contributed by atoms with Crippen molar-refractivity contribution >= 4 is 40.3 Å². The van der Waals surface area contributed by atoms with Gasteiger partial charge in [-0.05, 0) is 54.2 Å². The summed E-state index contributed by atoms with van der Waals surface area (Å²) >= 11 is 1.41. The summed E-state index contributed by atoms with van der Waals surface area (Å²) < 4.78 is 7.39. The van der Waals surface area contributed by atoms with Gasteiger partial charge in [0, 0.05) is 44.8 Å². The van der Waals surface area contributed by atoms with E-state index in [-0.39, 0.29) is 5.91 Å². The number of amides is 1. The quantitative estimate of drug-likeness (QED) is 0.766. The van der Waals surface area contributed by atoms with Gasteiger partial charge in [-0.1, -0.05) is 0 Å². The lowest BCUT2D eigenvalue weighted by Crippen LogP contribution is -2.36. The van der Waals surface area contributed by atoms with E-state index in [1.54, 1.807) is 11.9 Å². The number of carbonyl (C=O) groups is 1. The molecule has 7 heteroatoms. The van der Waals surface area contributed by atoms with Gasteiger partial charge in [0.25, 0.3) is 5.91 Å². The highest BCUT2D eigenvalue weighted by Crippen LogP contribution is 2.33. The molecule has 2 aliphatic rings. The van der Waals surface area contributed by atoms with Crippen molar-refractivity contribution in [3.63, 3.8) is 0 Å². The minimum absolute atomic E-state index is 0.0233. The molecule has 2 saturated heterocycles. The molecule has 0 spiro atoms. The van der Waals surface area contributed by atoms with Crippen LogP contribution in [0.1, 0.15) is 5.69 Å². The van der Waals surface area contributed by atoms with E-state index in [0.717, 1.165) is 37.7 Å². The lowest BCUT2D eigenvalue weighted by atomic mass is 10.2. The predicted octanol–water partition coefficient (Wildman–Crippen LogP) is 3.10. The molecular formula is C20H22N4O2S. The van der Waals surface area contributed by atoms with Crippen LogP contribution < -0.4 is 4.90 Å². The molecule has 140 valence electrons. The highest BCUT2D eigenvalue weighted by molar-refractivity contribution is 8.18. The van der Waals surface area contributed by atoms with Crippen molar-refractivity contribution in [2.24, 2.45) is 12.0 Å². The van der Waals surface area contributed by atoms with Crippen molar-refractivity contribution in [2.75, 3.05) is 38.3 Å². The van der Waals surface area contributed by atoms with Gasteiger partial charge in [-0.2, -0.15) is 0 Å². The van der Waals surface area contributed by atoms with Gasteiger partial charge in [0.2, 0.25) is 0 Å². The first-order valence-corrected chi connectivity index (χ1v) is 9.74. The van der Waals surface area contributed by atoms with Gasteiger partial charge in [0.15, 0.2) is 5.17 Å². The maximum atomic E-state index is 12.5. The summed E-state index contributed by atoms with van der Waals surface area (Å²) in [6.07, 6.45) is 3.87. The molecule has 27 heavy (non-hydrogen) atoms. The molecule has 0 bridgehead atoms. The largest absolute Gasteiger partial charge is 0.378 e. The van der Waals surface area contributed by atoms with Crippen LogP contribution in [0, 0.1) is 0 Å². The van der Waals surface area contributed by atoms with E-state index in [0.29, 0.717) is 10.1 Å². The Morgan fingerprint density at radius 2 is 1.85 bits per heavy atom. The number of amidine groups is 1. The van der Waals surface area contributed by atoms with Gasteiger partial charge in [-0.15, -0.1) is 0 Å². The van der Waals surface area contributed by atoms with Crippen LogP contribution in [0.15, 0.2) is 52.5 Å². The summed E-state index contributed by atoms with van der Waals surface area (Å²) in [5.41, 5.74) is 3.01. The number of aromatic nitrogens is 1. The van der Waals surface area contributed by atoms with Crippen LogP contribution in [0.4, 0.5) is 11.4 Å². The van der Waals surface area contributed by atoms with E-state index in [1.165, 1.54) is 17.4 Å². The van der Waals surface area contributed by atoms with Crippen molar-refractivity contribution < 1.29 is 9.53 Å². The molecule has 2 fully saturated rings. The second-order valence-electron chi connectivity index (χ2n) is 6.53. The van der Waals surface area contributed by atoms with Gasteiger partial charge in [0.05, 0.1) is 23.8 Å². The van der Waals surface area contributed by atoms with Gasteiger partial charge < -0.3 is 14.2 Å². The summed E-state index contributed by atoms with van der Waals surface area (Å²) in [6, 6.07) is 12.1. The number of aryl methyl sites for hydroxylation is 1. The summed E-state index contributed by atoms with van der Waals surface area (Å²) in [7, 11) is 3.73. The molecule has 1 aromatic heterocycles. The van der Waals surface area contributed by atoms with E-state index in [1.807, 2.05) is 48.2 Å². The molecule has 0 saturated carbocycles. The Morgan fingerprint density at radius 3 is 2.52 bits per heavy atom. The van der Waals surface area contributed by atoms with Crippen molar-refractivity contribution in [3.8, 4) is 0 Å². The van der Waals surface area contributed by atoms with Crippen LogP contribution in [0.5, 0.6) is 0 Å². The number of hydrogen-bond donors (Lipinski definition) is 0. The zero-order valence-electron chi connectivity index (χ0n) is 15.5. The third-order valence-corrected chi connectivity index (χ3v) is 5.78. The van der Waals surface area contributed by atoms with Crippen molar-refractivity contribution in [2.45, 2.75) is 0 Å². The zero-order valence-corrected chi connectivity index (χ0v) is 16.3. The monoisotopic (exact) mass is 382 g/mol. The normalized spacial score (nSPS) is 20.9. The van der Waals surface area contributed by atoms with Gasteiger partial charge in [-0.25, -0.2) is 4.99 Å². The number of thioether (sulfide) groups is 1. The Morgan fingerprint density at radius 1 is 1.11 bits per heavy atom. The van der Waals surface area contributed by atoms with Crippen LogP contribution in [0.25, 0.3) is 6.08 Å². The fraction of sp³-hybridized carbons (Fsp3) is 0.300. The number of hydrogen-bond acceptors (Lipinski definition) is 5. The Hall–Kier alpha value is -2.51. The Kier molecular flexibility index (Phi) is 5.05. The molecule has 2 aliphatic heterocycles. The predicted molar refractivity (Wildman–Crippen MR) is 110 cm³/mol. The fourth-order valence-electron chi connectivity index (χ4n) is 3.08. The smallest absolute Gasteiger partial charge is 0.266 e. The van der Waals surface area contributed by atoms with E-state index in [9.17, 15) is 4.79 Å². The molecule has 0 N–H and O–H groups in total. The number of likely N-dealkylation sites (N-methyl/N-ethyl adjacent to an activating group) is 1. The van der Waals surface area contributed by atoms with E-state index >= 15 is 0 Å². The zero-order chi connectivity index (χ0) is 18.8. The fourth-order valence-corrected chi connectivity index (χ4v) is 4.05. The second-order valence-corrected chi connectivity index (χ2v) is 7.54. The van der Waals surface area contributed by atoms with Crippen LogP contribution in [-0.2, 0) is 16.6 Å². The van der Waals surface area contributed by atoms with Gasteiger partial charge in [-0.3, -0.25) is 9.69 Å².